The maximum absolute atomic E-state index is 12.7. The van der Waals surface area contributed by atoms with Gasteiger partial charge < -0.3 is 14.4 Å². The average Bonchev–Trinajstić information content (AvgIpc) is 3.03. The summed E-state index contributed by atoms with van der Waals surface area (Å²) in [6.07, 6.45) is 3.01. The molecule has 29 heavy (non-hydrogen) atoms. The SMILES string of the molecule is C=CCn1c(=O)c2c(nc(N/N=C/c3ccc(O)c(OCC)c3)n2C)n(C)c1=O. The van der Waals surface area contributed by atoms with Crippen LogP contribution in [0.5, 0.6) is 11.5 Å². The van der Waals surface area contributed by atoms with Crippen LogP contribution in [0.4, 0.5) is 5.95 Å². The maximum atomic E-state index is 12.7. The van der Waals surface area contributed by atoms with Crippen molar-refractivity contribution in [3.05, 3.63) is 57.3 Å². The number of aromatic nitrogens is 4. The summed E-state index contributed by atoms with van der Waals surface area (Å²) >= 11 is 0. The van der Waals surface area contributed by atoms with Gasteiger partial charge in [-0.1, -0.05) is 6.08 Å². The normalized spacial score (nSPS) is 11.3. The number of ether oxygens (including phenoxy) is 1. The van der Waals surface area contributed by atoms with Gasteiger partial charge in [0.2, 0.25) is 5.95 Å². The van der Waals surface area contributed by atoms with Gasteiger partial charge in [0.1, 0.15) is 0 Å². The smallest absolute Gasteiger partial charge is 0.332 e. The van der Waals surface area contributed by atoms with Crippen molar-refractivity contribution in [2.75, 3.05) is 12.0 Å². The van der Waals surface area contributed by atoms with Gasteiger partial charge in [-0.25, -0.2) is 10.2 Å². The second-order valence-electron chi connectivity index (χ2n) is 6.24. The van der Waals surface area contributed by atoms with Gasteiger partial charge in [0.25, 0.3) is 5.56 Å². The lowest BCUT2D eigenvalue weighted by atomic mass is 10.2. The van der Waals surface area contributed by atoms with Crippen LogP contribution in [0.2, 0.25) is 0 Å². The Labute approximate surface area is 166 Å². The summed E-state index contributed by atoms with van der Waals surface area (Å²) in [6, 6.07) is 4.84. The Bertz CT molecular complexity index is 1220. The Kier molecular flexibility index (Phi) is 5.53. The van der Waals surface area contributed by atoms with Crippen LogP contribution >= 0.6 is 0 Å². The second-order valence-corrected chi connectivity index (χ2v) is 6.24. The van der Waals surface area contributed by atoms with E-state index in [1.54, 1.807) is 26.2 Å². The summed E-state index contributed by atoms with van der Waals surface area (Å²) in [5.74, 6) is 0.699. The Morgan fingerprint density at radius 1 is 1.31 bits per heavy atom. The molecule has 1 aromatic carbocycles. The van der Waals surface area contributed by atoms with E-state index in [2.05, 4.69) is 22.1 Å². The number of aromatic hydroxyl groups is 1. The summed E-state index contributed by atoms with van der Waals surface area (Å²) in [6.45, 7) is 5.94. The molecular formula is C19H22N6O4. The van der Waals surface area contributed by atoms with Gasteiger partial charge in [-0.15, -0.1) is 6.58 Å². The van der Waals surface area contributed by atoms with Crippen molar-refractivity contribution >= 4 is 23.3 Å². The molecule has 152 valence electrons. The molecule has 10 heteroatoms. The van der Waals surface area contributed by atoms with E-state index in [0.29, 0.717) is 23.9 Å². The van der Waals surface area contributed by atoms with Gasteiger partial charge in [-0.2, -0.15) is 10.1 Å². The second kappa shape index (κ2) is 8.05. The van der Waals surface area contributed by atoms with E-state index in [9.17, 15) is 14.7 Å². The van der Waals surface area contributed by atoms with Gasteiger partial charge in [0.05, 0.1) is 12.8 Å². The monoisotopic (exact) mass is 398 g/mol. The molecule has 2 N–H and O–H groups in total. The lowest BCUT2D eigenvalue weighted by Gasteiger charge is -2.06. The van der Waals surface area contributed by atoms with Gasteiger partial charge in [-0.05, 0) is 30.7 Å². The Hall–Kier alpha value is -3.82. The highest BCUT2D eigenvalue weighted by molar-refractivity contribution is 5.81. The largest absolute Gasteiger partial charge is 0.504 e. The minimum Gasteiger partial charge on any atom is -0.504 e. The van der Waals surface area contributed by atoms with Crippen LogP contribution in [0, 0.1) is 0 Å². The van der Waals surface area contributed by atoms with Gasteiger partial charge in [-0.3, -0.25) is 13.9 Å². The zero-order valence-electron chi connectivity index (χ0n) is 16.4. The molecule has 0 unspecified atom stereocenters. The van der Waals surface area contributed by atoms with Crippen LogP contribution in [0.15, 0.2) is 45.5 Å². The lowest BCUT2D eigenvalue weighted by molar-refractivity contribution is 0.318. The summed E-state index contributed by atoms with van der Waals surface area (Å²) < 4.78 is 9.28. The van der Waals surface area contributed by atoms with Crippen molar-refractivity contribution in [1.29, 1.82) is 0 Å². The van der Waals surface area contributed by atoms with Gasteiger partial charge in [0, 0.05) is 20.6 Å². The van der Waals surface area contributed by atoms with Crippen molar-refractivity contribution in [3.8, 4) is 11.5 Å². The van der Waals surface area contributed by atoms with E-state index in [4.69, 9.17) is 4.74 Å². The first kappa shape index (κ1) is 19.9. The molecule has 0 fully saturated rings. The molecule has 0 aliphatic carbocycles. The van der Waals surface area contributed by atoms with E-state index in [1.807, 2.05) is 6.92 Å². The third-order valence-corrected chi connectivity index (χ3v) is 4.33. The molecule has 0 radical (unpaired) electrons. The molecule has 0 aliphatic rings. The summed E-state index contributed by atoms with van der Waals surface area (Å²) in [5.41, 5.74) is 3.08. The topological polar surface area (TPSA) is 116 Å². The summed E-state index contributed by atoms with van der Waals surface area (Å²) in [5, 5.41) is 13.9. The predicted molar refractivity (Wildman–Crippen MR) is 111 cm³/mol. The number of allylic oxidation sites excluding steroid dienone is 1. The predicted octanol–water partition coefficient (Wildman–Crippen LogP) is 1.17. The lowest BCUT2D eigenvalue weighted by Crippen LogP contribution is -2.39. The van der Waals surface area contributed by atoms with Crippen LogP contribution in [-0.4, -0.2) is 36.6 Å². The zero-order chi connectivity index (χ0) is 21.1. The average molecular weight is 398 g/mol. The molecule has 2 heterocycles. The maximum Gasteiger partial charge on any atom is 0.332 e. The number of nitrogens with zero attached hydrogens (tertiary/aromatic N) is 5. The standard InChI is InChI=1S/C19H22N6O4/c1-5-9-25-17(27)15-16(24(4)19(25)28)21-18(23(15)3)22-20-11-12-7-8-13(26)14(10-12)29-6-2/h5,7-8,10-11,26H,1,6,9H2,2-4H3,(H,21,22)/b20-11+. The number of benzene rings is 1. The van der Waals surface area contributed by atoms with Crippen LogP contribution in [0.1, 0.15) is 12.5 Å². The molecule has 3 rings (SSSR count). The van der Waals surface area contributed by atoms with E-state index in [0.717, 1.165) is 4.57 Å². The molecule has 10 nitrogen and oxygen atoms in total. The minimum absolute atomic E-state index is 0.0454. The molecule has 0 saturated heterocycles. The Morgan fingerprint density at radius 2 is 2.07 bits per heavy atom. The van der Waals surface area contributed by atoms with Crippen LogP contribution < -0.4 is 21.4 Å². The molecule has 0 bridgehead atoms. The highest BCUT2D eigenvalue weighted by Crippen LogP contribution is 2.26. The first-order chi connectivity index (χ1) is 13.9. The Morgan fingerprint density at radius 3 is 2.76 bits per heavy atom. The van der Waals surface area contributed by atoms with E-state index in [1.165, 1.54) is 27.5 Å². The van der Waals surface area contributed by atoms with Gasteiger partial charge in [0.15, 0.2) is 22.7 Å². The number of phenolic OH excluding ortho intramolecular Hbond substituents is 1. The first-order valence-corrected chi connectivity index (χ1v) is 8.91. The molecule has 2 aromatic heterocycles. The van der Waals surface area contributed by atoms with Crippen LogP contribution in [0.25, 0.3) is 11.2 Å². The molecule has 0 atom stereocenters. The number of phenols is 1. The van der Waals surface area contributed by atoms with E-state index in [-0.39, 0.29) is 23.5 Å². The molecule has 3 aromatic rings. The van der Waals surface area contributed by atoms with Crippen molar-refractivity contribution < 1.29 is 9.84 Å². The summed E-state index contributed by atoms with van der Waals surface area (Å²) in [7, 11) is 3.21. The third kappa shape index (κ3) is 3.64. The van der Waals surface area contributed by atoms with E-state index < -0.39 is 11.2 Å². The van der Waals surface area contributed by atoms with E-state index >= 15 is 0 Å². The summed E-state index contributed by atoms with van der Waals surface area (Å²) in [4.78, 5) is 29.4. The quantitative estimate of drug-likeness (QED) is 0.351. The van der Waals surface area contributed by atoms with Crippen molar-refractivity contribution in [3.63, 3.8) is 0 Å². The zero-order valence-corrected chi connectivity index (χ0v) is 16.4. The third-order valence-electron chi connectivity index (χ3n) is 4.33. The minimum atomic E-state index is -0.469. The van der Waals surface area contributed by atoms with Crippen molar-refractivity contribution in [2.45, 2.75) is 13.5 Å². The number of fused-ring (bicyclic) bond motifs is 1. The fraction of sp³-hybridized carbons (Fsp3) is 0.263. The molecule has 0 aliphatic heterocycles. The first-order valence-electron chi connectivity index (χ1n) is 8.91. The van der Waals surface area contributed by atoms with Crippen LogP contribution in [-0.2, 0) is 20.6 Å². The van der Waals surface area contributed by atoms with Gasteiger partial charge >= 0.3 is 5.69 Å². The fourth-order valence-electron chi connectivity index (χ4n) is 2.88. The highest BCUT2D eigenvalue weighted by Gasteiger charge is 2.17. The number of hydrazone groups is 1. The number of nitrogens with one attached hydrogen (secondary N) is 1. The number of hydrogen-bond acceptors (Lipinski definition) is 7. The number of aryl methyl sites for hydroxylation is 2. The van der Waals surface area contributed by atoms with Crippen LogP contribution in [0.3, 0.4) is 0 Å². The highest BCUT2D eigenvalue weighted by atomic mass is 16.5. The number of imidazole rings is 1. The number of rotatable bonds is 7. The molecular weight excluding hydrogens is 376 g/mol. The molecule has 0 amide bonds. The fourth-order valence-corrected chi connectivity index (χ4v) is 2.88. The molecule has 0 saturated carbocycles. The number of hydrogen-bond donors (Lipinski definition) is 2. The molecule has 0 spiro atoms. The van der Waals surface area contributed by atoms with Crippen molar-refractivity contribution in [2.24, 2.45) is 19.2 Å². The number of anilines is 1. The van der Waals surface area contributed by atoms with Crippen molar-refractivity contribution in [1.82, 2.24) is 18.7 Å². The Balaban J connectivity index is 1.96.